The van der Waals surface area contributed by atoms with Crippen LogP contribution in [0.1, 0.15) is 36.0 Å². The van der Waals surface area contributed by atoms with Gasteiger partial charge in [0.1, 0.15) is 11.5 Å². The van der Waals surface area contributed by atoms with Crippen molar-refractivity contribution in [2.45, 2.75) is 32.2 Å². The molecule has 1 N–H and O–H groups in total. The lowest BCUT2D eigenvalue weighted by atomic mass is 9.95. The first-order valence-corrected chi connectivity index (χ1v) is 14.1. The zero-order valence-electron chi connectivity index (χ0n) is 21.5. The highest BCUT2D eigenvalue weighted by molar-refractivity contribution is 7.08. The summed E-state index contributed by atoms with van der Waals surface area (Å²) < 4.78 is 1.77. The predicted molar refractivity (Wildman–Crippen MR) is 151 cm³/mol. The number of nitrogens with one attached hydrogen (secondary N) is 1. The lowest BCUT2D eigenvalue weighted by Gasteiger charge is -2.30. The largest absolute Gasteiger partial charge is 0.299 e. The van der Waals surface area contributed by atoms with E-state index >= 15 is 0 Å². The van der Waals surface area contributed by atoms with Crippen LogP contribution >= 0.6 is 11.3 Å². The second-order valence-corrected chi connectivity index (χ2v) is 10.7. The Morgan fingerprint density at radius 2 is 1.85 bits per heavy atom. The van der Waals surface area contributed by atoms with Crippen LogP contribution in [0.3, 0.4) is 0 Å². The van der Waals surface area contributed by atoms with Crippen LogP contribution in [-0.2, 0) is 6.54 Å². The number of benzene rings is 1. The van der Waals surface area contributed by atoms with Gasteiger partial charge in [-0.25, -0.2) is 14.5 Å². The fourth-order valence-corrected chi connectivity index (χ4v) is 5.88. The van der Waals surface area contributed by atoms with Gasteiger partial charge in [-0.15, -0.1) is 0 Å². The number of H-pyrrole nitrogens is 1. The Hall–Kier alpha value is -4.28. The van der Waals surface area contributed by atoms with Crippen LogP contribution < -0.4 is 0 Å². The first kappa shape index (κ1) is 23.8. The molecule has 0 unspecified atom stereocenters. The summed E-state index contributed by atoms with van der Waals surface area (Å²) in [5.41, 5.74) is 6.33. The SMILES string of the molecule is Cc1nc2nc(-c3ccc(CN4CCC(c5n[nH]c(-c6ccccn6)n5)CC4)cc3)c(-c3ccsc3)cn2n1. The van der Waals surface area contributed by atoms with Crippen molar-refractivity contribution in [3.8, 4) is 33.9 Å². The Labute approximate surface area is 229 Å². The number of rotatable bonds is 6. The fraction of sp³-hybridized carbons (Fsp3) is 0.241. The maximum atomic E-state index is 4.89. The summed E-state index contributed by atoms with van der Waals surface area (Å²) in [5, 5.41) is 16.3. The van der Waals surface area contributed by atoms with Crippen LogP contribution in [0.2, 0.25) is 0 Å². The van der Waals surface area contributed by atoms with Gasteiger partial charge in [0.15, 0.2) is 11.6 Å². The number of aromatic amines is 1. The molecule has 1 aromatic carbocycles. The van der Waals surface area contributed by atoms with Crippen molar-refractivity contribution in [2.75, 3.05) is 13.1 Å². The number of aryl methyl sites for hydroxylation is 1. The molecule has 1 saturated heterocycles. The molecular weight excluding hydrogens is 506 g/mol. The zero-order chi connectivity index (χ0) is 26.2. The number of aromatic nitrogens is 8. The third-order valence-electron chi connectivity index (χ3n) is 7.27. The lowest BCUT2D eigenvalue weighted by Crippen LogP contribution is -2.32. The predicted octanol–water partition coefficient (Wildman–Crippen LogP) is 5.39. The van der Waals surface area contributed by atoms with E-state index in [9.17, 15) is 0 Å². The summed E-state index contributed by atoms with van der Waals surface area (Å²) in [5.74, 6) is 3.34. The van der Waals surface area contributed by atoms with E-state index < -0.39 is 0 Å². The number of thiophene rings is 1. The van der Waals surface area contributed by atoms with Crippen LogP contribution in [0, 0.1) is 6.92 Å². The van der Waals surface area contributed by atoms with Crippen molar-refractivity contribution in [1.29, 1.82) is 0 Å². The highest BCUT2D eigenvalue weighted by Crippen LogP contribution is 2.33. The smallest absolute Gasteiger partial charge is 0.252 e. The zero-order valence-corrected chi connectivity index (χ0v) is 22.3. The van der Waals surface area contributed by atoms with E-state index in [1.807, 2.05) is 31.3 Å². The van der Waals surface area contributed by atoms with Gasteiger partial charge in [0.25, 0.3) is 5.78 Å². The molecule has 1 fully saturated rings. The Morgan fingerprint density at radius 3 is 2.62 bits per heavy atom. The molecule has 0 atom stereocenters. The van der Waals surface area contributed by atoms with Crippen LogP contribution in [0.4, 0.5) is 0 Å². The summed E-state index contributed by atoms with van der Waals surface area (Å²) in [6.45, 7) is 4.85. The molecule has 1 aliphatic heterocycles. The topological polar surface area (TPSA) is 101 Å². The monoisotopic (exact) mass is 533 g/mol. The molecule has 1 aliphatic rings. The van der Waals surface area contributed by atoms with Crippen molar-refractivity contribution in [3.05, 3.63) is 88.9 Å². The maximum Gasteiger partial charge on any atom is 0.252 e. The summed E-state index contributed by atoms with van der Waals surface area (Å²) >= 11 is 1.68. The first-order valence-electron chi connectivity index (χ1n) is 13.1. The second kappa shape index (κ2) is 10.1. The molecule has 0 aliphatic carbocycles. The van der Waals surface area contributed by atoms with Gasteiger partial charge in [0.05, 0.1) is 5.69 Å². The van der Waals surface area contributed by atoms with Gasteiger partial charge in [-0.1, -0.05) is 30.3 Å². The molecule has 5 aromatic heterocycles. The number of piperidine rings is 1. The third-order valence-corrected chi connectivity index (χ3v) is 7.95. The minimum atomic E-state index is 0.370. The minimum absolute atomic E-state index is 0.370. The summed E-state index contributed by atoms with van der Waals surface area (Å²) in [6, 6.07) is 16.7. The standard InChI is InChI=1S/C29H27N9S/c1-19-31-29-32-26(24(17-38(29)36-19)23-11-15-39-18-23)21-7-5-20(6-8-21)16-37-13-9-22(10-14-37)27-33-28(35-34-27)25-4-2-3-12-30-25/h2-8,11-12,15,17-18,22H,9-10,13-14,16H2,1H3,(H,33,34,35). The van der Waals surface area contributed by atoms with Gasteiger partial charge in [0, 0.05) is 36.0 Å². The molecule has 6 aromatic rings. The van der Waals surface area contributed by atoms with Crippen LogP contribution in [0.5, 0.6) is 0 Å². The van der Waals surface area contributed by atoms with Gasteiger partial charge in [0.2, 0.25) is 0 Å². The second-order valence-electron chi connectivity index (χ2n) is 9.92. The van der Waals surface area contributed by atoms with Gasteiger partial charge < -0.3 is 0 Å². The molecule has 9 nitrogen and oxygen atoms in total. The first-order chi connectivity index (χ1) is 19.2. The minimum Gasteiger partial charge on any atom is -0.299 e. The fourth-order valence-electron chi connectivity index (χ4n) is 5.22. The number of nitrogens with zero attached hydrogens (tertiary/aromatic N) is 8. The van der Waals surface area contributed by atoms with Gasteiger partial charge in [-0.3, -0.25) is 15.0 Å². The van der Waals surface area contributed by atoms with Crippen molar-refractivity contribution in [3.63, 3.8) is 0 Å². The summed E-state index contributed by atoms with van der Waals surface area (Å²) in [7, 11) is 0. The average Bonchev–Trinajstić information content (AvgIpc) is 3.74. The van der Waals surface area contributed by atoms with E-state index in [0.717, 1.165) is 72.2 Å². The normalized spacial score (nSPS) is 14.8. The van der Waals surface area contributed by atoms with Crippen molar-refractivity contribution < 1.29 is 0 Å². The average molecular weight is 534 g/mol. The molecule has 0 amide bonds. The number of hydrogen-bond donors (Lipinski definition) is 1. The lowest BCUT2D eigenvalue weighted by molar-refractivity contribution is 0.202. The summed E-state index contributed by atoms with van der Waals surface area (Å²) in [6.07, 6.45) is 5.90. The van der Waals surface area contributed by atoms with Crippen LogP contribution in [0.15, 0.2) is 71.7 Å². The van der Waals surface area contributed by atoms with Crippen LogP contribution in [-0.4, -0.2) is 57.7 Å². The highest BCUT2D eigenvalue weighted by Gasteiger charge is 2.24. The molecule has 194 valence electrons. The molecule has 7 rings (SSSR count). The molecule has 6 heterocycles. The van der Waals surface area contributed by atoms with Gasteiger partial charge in [-0.2, -0.15) is 26.5 Å². The van der Waals surface area contributed by atoms with Gasteiger partial charge in [-0.05, 0) is 72.9 Å². The van der Waals surface area contributed by atoms with E-state index in [1.165, 1.54) is 5.56 Å². The number of hydrogen-bond acceptors (Lipinski definition) is 8. The molecule has 0 bridgehead atoms. The third kappa shape index (κ3) is 4.84. The number of likely N-dealkylation sites (tertiary alicyclic amines) is 1. The Morgan fingerprint density at radius 1 is 0.974 bits per heavy atom. The van der Waals surface area contributed by atoms with Crippen LogP contribution in [0.25, 0.3) is 39.7 Å². The molecule has 39 heavy (non-hydrogen) atoms. The number of fused-ring (bicyclic) bond motifs is 1. The van der Waals surface area contributed by atoms with E-state index in [4.69, 9.17) is 9.97 Å². The Balaban J connectivity index is 1.04. The molecule has 0 spiro atoms. The van der Waals surface area contributed by atoms with Crippen molar-refractivity contribution in [1.82, 2.24) is 44.6 Å². The maximum absolute atomic E-state index is 4.89. The summed E-state index contributed by atoms with van der Waals surface area (Å²) in [4.78, 5) is 21.0. The van der Waals surface area contributed by atoms with E-state index in [2.05, 4.69) is 71.3 Å². The van der Waals surface area contributed by atoms with E-state index in [-0.39, 0.29) is 0 Å². The molecular formula is C29H27N9S. The highest BCUT2D eigenvalue weighted by atomic mass is 32.1. The van der Waals surface area contributed by atoms with Crippen molar-refractivity contribution >= 4 is 17.1 Å². The quantitative estimate of drug-likeness (QED) is 0.306. The molecule has 0 saturated carbocycles. The van der Waals surface area contributed by atoms with E-state index in [1.54, 1.807) is 22.0 Å². The Bertz CT molecular complexity index is 1700. The van der Waals surface area contributed by atoms with E-state index in [0.29, 0.717) is 17.5 Å². The number of pyridine rings is 1. The van der Waals surface area contributed by atoms with Crippen molar-refractivity contribution in [2.24, 2.45) is 0 Å². The Kier molecular flexibility index (Phi) is 6.18. The molecule has 10 heteroatoms. The van der Waals surface area contributed by atoms with Gasteiger partial charge >= 0.3 is 0 Å². The molecule has 0 radical (unpaired) electrons.